The maximum atomic E-state index is 12.3. The van der Waals surface area contributed by atoms with Gasteiger partial charge in [0.25, 0.3) is 5.91 Å². The van der Waals surface area contributed by atoms with Gasteiger partial charge in [-0.1, -0.05) is 12.1 Å². The summed E-state index contributed by atoms with van der Waals surface area (Å²) in [4.78, 5) is 36.3. The molecule has 2 aromatic rings. The van der Waals surface area contributed by atoms with Crippen molar-refractivity contribution in [2.75, 3.05) is 26.1 Å². The van der Waals surface area contributed by atoms with E-state index in [4.69, 9.17) is 14.2 Å². The van der Waals surface area contributed by atoms with Gasteiger partial charge in [-0.2, -0.15) is 0 Å². The van der Waals surface area contributed by atoms with Gasteiger partial charge >= 0.3 is 5.97 Å². The second kappa shape index (κ2) is 9.91. The van der Waals surface area contributed by atoms with Gasteiger partial charge in [-0.05, 0) is 48.6 Å². The third kappa shape index (κ3) is 5.37. The molecule has 0 bridgehead atoms. The van der Waals surface area contributed by atoms with Gasteiger partial charge < -0.3 is 19.5 Å². The topological polar surface area (TPSA) is 90.9 Å². The number of methoxy groups -OCH3 is 2. The third-order valence-corrected chi connectivity index (χ3v) is 5.01. The van der Waals surface area contributed by atoms with Crippen LogP contribution in [0.2, 0.25) is 0 Å². The number of fused-ring (bicyclic) bond motifs is 1. The van der Waals surface area contributed by atoms with Crippen molar-refractivity contribution < 1.29 is 28.6 Å². The molecule has 1 N–H and O–H groups in total. The first kappa shape index (κ1) is 21.4. The van der Waals surface area contributed by atoms with E-state index in [0.717, 1.165) is 19.3 Å². The van der Waals surface area contributed by atoms with Crippen LogP contribution < -0.4 is 14.8 Å². The number of anilines is 1. The molecule has 0 saturated carbocycles. The lowest BCUT2D eigenvalue weighted by Crippen LogP contribution is -2.21. The van der Waals surface area contributed by atoms with Gasteiger partial charge in [-0.25, -0.2) is 0 Å². The summed E-state index contributed by atoms with van der Waals surface area (Å²) in [7, 11) is 3.01. The van der Waals surface area contributed by atoms with E-state index >= 15 is 0 Å². The Hall–Kier alpha value is -3.35. The van der Waals surface area contributed by atoms with Crippen molar-refractivity contribution >= 4 is 23.3 Å². The minimum atomic E-state index is -0.591. The Labute approximate surface area is 175 Å². The zero-order valence-electron chi connectivity index (χ0n) is 17.2. The number of benzene rings is 2. The van der Waals surface area contributed by atoms with E-state index < -0.39 is 18.5 Å². The van der Waals surface area contributed by atoms with E-state index in [9.17, 15) is 14.4 Å². The van der Waals surface area contributed by atoms with Crippen molar-refractivity contribution in [3.8, 4) is 11.5 Å². The third-order valence-electron chi connectivity index (χ3n) is 5.01. The predicted molar refractivity (Wildman–Crippen MR) is 111 cm³/mol. The van der Waals surface area contributed by atoms with Crippen molar-refractivity contribution in [2.24, 2.45) is 0 Å². The SMILES string of the molecule is COc1ccc(NC(=O)COC(=O)CCC(=O)c2ccc3c(c2)CCC3)cc1OC. The highest BCUT2D eigenvalue weighted by Crippen LogP contribution is 2.29. The van der Waals surface area contributed by atoms with E-state index in [-0.39, 0.29) is 18.6 Å². The average Bonchev–Trinajstić information content (AvgIpc) is 3.23. The predicted octanol–water partition coefficient (Wildman–Crippen LogP) is 3.34. The summed E-state index contributed by atoms with van der Waals surface area (Å²) < 4.78 is 15.3. The molecule has 0 fully saturated rings. The number of aryl methyl sites for hydroxylation is 2. The molecule has 1 aliphatic carbocycles. The summed E-state index contributed by atoms with van der Waals surface area (Å²) in [6.45, 7) is -0.430. The van der Waals surface area contributed by atoms with Crippen LogP contribution in [0.1, 0.15) is 40.7 Å². The summed E-state index contributed by atoms with van der Waals surface area (Å²) in [6, 6.07) is 10.6. The van der Waals surface area contributed by atoms with Gasteiger partial charge in [0.15, 0.2) is 23.9 Å². The van der Waals surface area contributed by atoms with Crippen LogP contribution in [0.3, 0.4) is 0 Å². The number of nitrogens with one attached hydrogen (secondary N) is 1. The highest BCUT2D eigenvalue weighted by molar-refractivity contribution is 5.98. The molecule has 0 aliphatic heterocycles. The maximum absolute atomic E-state index is 12.3. The van der Waals surface area contributed by atoms with Gasteiger partial charge in [0.05, 0.1) is 20.6 Å². The van der Waals surface area contributed by atoms with E-state index in [2.05, 4.69) is 5.32 Å². The summed E-state index contributed by atoms with van der Waals surface area (Å²) in [5.74, 6) is -0.170. The number of hydrogen-bond donors (Lipinski definition) is 1. The van der Waals surface area contributed by atoms with E-state index in [1.54, 1.807) is 18.2 Å². The number of ether oxygens (including phenoxy) is 3. The van der Waals surface area contributed by atoms with E-state index in [1.807, 2.05) is 18.2 Å². The Bertz CT molecular complexity index is 953. The zero-order valence-corrected chi connectivity index (χ0v) is 17.2. The molecule has 0 saturated heterocycles. The fraction of sp³-hybridized carbons (Fsp3) is 0.348. The molecule has 1 amide bonds. The second-order valence-corrected chi connectivity index (χ2v) is 7.04. The number of amides is 1. The Kier molecular flexibility index (Phi) is 7.06. The molecule has 30 heavy (non-hydrogen) atoms. The van der Waals surface area contributed by atoms with Crippen molar-refractivity contribution in [1.82, 2.24) is 0 Å². The molecule has 3 rings (SSSR count). The quantitative estimate of drug-likeness (QED) is 0.503. The van der Waals surface area contributed by atoms with Crippen LogP contribution in [0.5, 0.6) is 11.5 Å². The lowest BCUT2D eigenvalue weighted by molar-refractivity contribution is -0.147. The number of Topliss-reactive ketones (excluding diaryl/α,β-unsaturated/α-hetero) is 1. The van der Waals surface area contributed by atoms with Crippen LogP contribution in [0.25, 0.3) is 0 Å². The summed E-state index contributed by atoms with van der Waals surface area (Å²) in [5, 5.41) is 2.62. The smallest absolute Gasteiger partial charge is 0.306 e. The molecular formula is C23H25NO6. The minimum Gasteiger partial charge on any atom is -0.493 e. The van der Waals surface area contributed by atoms with Crippen LogP contribution in [0.15, 0.2) is 36.4 Å². The van der Waals surface area contributed by atoms with Gasteiger partial charge in [0.2, 0.25) is 0 Å². The fourth-order valence-corrected chi connectivity index (χ4v) is 3.43. The van der Waals surface area contributed by atoms with Gasteiger partial charge in [0.1, 0.15) is 0 Å². The van der Waals surface area contributed by atoms with E-state index in [0.29, 0.717) is 22.7 Å². The molecule has 1 aliphatic rings. The molecule has 0 aromatic heterocycles. The maximum Gasteiger partial charge on any atom is 0.306 e. The molecule has 0 spiro atoms. The molecular weight excluding hydrogens is 386 g/mol. The number of hydrogen-bond acceptors (Lipinski definition) is 6. The monoisotopic (exact) mass is 411 g/mol. The Balaban J connectivity index is 1.43. The van der Waals surface area contributed by atoms with Gasteiger partial charge in [-0.3, -0.25) is 14.4 Å². The minimum absolute atomic E-state index is 0.0505. The number of esters is 1. The molecule has 2 aromatic carbocycles. The number of carbonyl (C=O) groups is 3. The normalized spacial score (nSPS) is 12.1. The molecule has 158 valence electrons. The molecule has 0 atom stereocenters. The van der Waals surface area contributed by atoms with Crippen molar-refractivity contribution in [3.63, 3.8) is 0 Å². The second-order valence-electron chi connectivity index (χ2n) is 7.04. The summed E-state index contributed by atoms with van der Waals surface area (Å²) in [5.41, 5.74) is 3.62. The lowest BCUT2D eigenvalue weighted by Gasteiger charge is -2.11. The molecule has 7 nitrogen and oxygen atoms in total. The summed E-state index contributed by atoms with van der Waals surface area (Å²) in [6.07, 6.45) is 3.15. The molecule has 0 unspecified atom stereocenters. The number of rotatable bonds is 9. The Morgan fingerprint density at radius 1 is 0.900 bits per heavy atom. The van der Waals surface area contributed by atoms with Crippen LogP contribution in [-0.2, 0) is 27.2 Å². The lowest BCUT2D eigenvalue weighted by atomic mass is 10.0. The molecule has 0 heterocycles. The first-order valence-corrected chi connectivity index (χ1v) is 9.82. The zero-order chi connectivity index (χ0) is 21.5. The van der Waals surface area contributed by atoms with Crippen LogP contribution in [-0.4, -0.2) is 38.5 Å². The van der Waals surface area contributed by atoms with Gasteiger partial charge in [0, 0.05) is 23.7 Å². The van der Waals surface area contributed by atoms with Crippen molar-refractivity contribution in [2.45, 2.75) is 32.1 Å². The van der Waals surface area contributed by atoms with E-state index in [1.165, 1.54) is 25.3 Å². The summed E-state index contributed by atoms with van der Waals surface area (Å²) >= 11 is 0. The van der Waals surface area contributed by atoms with Crippen LogP contribution in [0.4, 0.5) is 5.69 Å². The Morgan fingerprint density at radius 3 is 2.43 bits per heavy atom. The molecule has 7 heteroatoms. The number of ketones is 1. The standard InChI is InChI=1S/C23H25NO6/c1-28-20-10-8-18(13-21(20)29-2)24-22(26)14-30-23(27)11-9-19(25)17-7-6-15-4-3-5-16(15)12-17/h6-8,10,12-13H,3-5,9,11,14H2,1-2H3,(H,24,26). The fourth-order valence-electron chi connectivity index (χ4n) is 3.43. The first-order chi connectivity index (χ1) is 14.5. The highest BCUT2D eigenvalue weighted by Gasteiger charge is 2.16. The largest absolute Gasteiger partial charge is 0.493 e. The van der Waals surface area contributed by atoms with Gasteiger partial charge in [-0.15, -0.1) is 0 Å². The average molecular weight is 411 g/mol. The Morgan fingerprint density at radius 2 is 1.67 bits per heavy atom. The van der Waals surface area contributed by atoms with Crippen molar-refractivity contribution in [3.05, 3.63) is 53.1 Å². The van der Waals surface area contributed by atoms with Crippen molar-refractivity contribution in [1.29, 1.82) is 0 Å². The van der Waals surface area contributed by atoms with Crippen LogP contribution in [0, 0.1) is 0 Å². The van der Waals surface area contributed by atoms with Crippen LogP contribution >= 0.6 is 0 Å². The highest BCUT2D eigenvalue weighted by atomic mass is 16.5. The molecule has 0 radical (unpaired) electrons. The number of carbonyl (C=O) groups excluding carboxylic acids is 3. The first-order valence-electron chi connectivity index (χ1n) is 9.82.